The molecule has 0 atom stereocenters. The number of ether oxygens (including phenoxy) is 2. The van der Waals surface area contributed by atoms with Gasteiger partial charge in [0.15, 0.2) is 0 Å². The molecule has 4 rings (SSSR count). The molecule has 2 aromatic carbocycles. The third kappa shape index (κ3) is 4.26. The van der Waals surface area contributed by atoms with Gasteiger partial charge in [0.2, 0.25) is 11.8 Å². The van der Waals surface area contributed by atoms with E-state index in [1.165, 1.54) is 0 Å². The van der Waals surface area contributed by atoms with Crippen molar-refractivity contribution in [3.63, 3.8) is 0 Å². The van der Waals surface area contributed by atoms with Crippen molar-refractivity contribution in [2.45, 2.75) is 19.8 Å². The molecule has 0 saturated carbocycles. The fourth-order valence-corrected chi connectivity index (χ4v) is 2.61. The van der Waals surface area contributed by atoms with Gasteiger partial charge in [-0.1, -0.05) is 13.3 Å². The zero-order valence-corrected chi connectivity index (χ0v) is 16.2. The molecule has 0 spiro atoms. The van der Waals surface area contributed by atoms with Crippen LogP contribution < -0.4 is 9.47 Å². The smallest absolute Gasteiger partial charge is 0.306 e. The van der Waals surface area contributed by atoms with Gasteiger partial charge in [0.05, 0.1) is 13.7 Å². The maximum absolute atomic E-state index is 5.70. The van der Waals surface area contributed by atoms with Crippen LogP contribution in [0.25, 0.3) is 34.7 Å². The minimum Gasteiger partial charge on any atom is -0.497 e. The van der Waals surface area contributed by atoms with E-state index in [0.717, 1.165) is 35.5 Å². The van der Waals surface area contributed by atoms with Gasteiger partial charge in [-0.25, -0.2) is 0 Å². The summed E-state index contributed by atoms with van der Waals surface area (Å²) in [5, 5.41) is 16.1. The molecule has 0 radical (unpaired) electrons. The number of hydrogen-bond donors (Lipinski definition) is 0. The van der Waals surface area contributed by atoms with Gasteiger partial charge in [0.1, 0.15) is 11.5 Å². The first kappa shape index (κ1) is 18.7. The quantitative estimate of drug-likeness (QED) is 0.400. The summed E-state index contributed by atoms with van der Waals surface area (Å²) in [5.74, 6) is 2.60. The number of unbranched alkanes of at least 4 members (excludes halogenated alkanes) is 1. The predicted molar refractivity (Wildman–Crippen MR) is 105 cm³/mol. The summed E-state index contributed by atoms with van der Waals surface area (Å²) >= 11 is 0. The second-order valence-electron chi connectivity index (χ2n) is 6.28. The number of benzene rings is 2. The van der Waals surface area contributed by atoms with Gasteiger partial charge in [0, 0.05) is 11.1 Å². The molecular formula is C21H20N4O4. The van der Waals surface area contributed by atoms with E-state index in [-0.39, 0.29) is 11.8 Å². The predicted octanol–water partition coefficient (Wildman–Crippen LogP) is 4.64. The lowest BCUT2D eigenvalue weighted by Crippen LogP contribution is -1.95. The van der Waals surface area contributed by atoms with Gasteiger partial charge in [0.25, 0.3) is 0 Å². The highest BCUT2D eigenvalue weighted by atomic mass is 16.5. The molecule has 0 N–H and O–H groups in total. The molecule has 0 amide bonds. The average molecular weight is 392 g/mol. The number of nitrogens with zero attached hydrogens (tertiary/aromatic N) is 4. The minimum absolute atomic E-state index is 0.161. The molecule has 0 aliphatic heterocycles. The Hall–Kier alpha value is -3.68. The van der Waals surface area contributed by atoms with Crippen LogP contribution >= 0.6 is 0 Å². The summed E-state index contributed by atoms with van der Waals surface area (Å²) in [6.45, 7) is 2.83. The Morgan fingerprint density at radius 1 is 0.690 bits per heavy atom. The molecule has 29 heavy (non-hydrogen) atoms. The topological polar surface area (TPSA) is 96.3 Å². The van der Waals surface area contributed by atoms with E-state index in [4.69, 9.17) is 18.3 Å². The van der Waals surface area contributed by atoms with Crippen LogP contribution in [0, 0.1) is 0 Å². The van der Waals surface area contributed by atoms with E-state index >= 15 is 0 Å². The SMILES string of the molecule is CCCCOc1ccc(-c2nnc(-c3nnc(-c4ccc(OC)cc4)o3)o2)cc1. The van der Waals surface area contributed by atoms with Crippen molar-refractivity contribution >= 4 is 0 Å². The number of hydrogen-bond acceptors (Lipinski definition) is 8. The molecule has 0 aliphatic carbocycles. The summed E-state index contributed by atoms with van der Waals surface area (Å²) in [4.78, 5) is 0. The fourth-order valence-electron chi connectivity index (χ4n) is 2.61. The first-order valence-electron chi connectivity index (χ1n) is 9.32. The van der Waals surface area contributed by atoms with Crippen LogP contribution in [0.1, 0.15) is 19.8 Å². The third-order valence-corrected chi connectivity index (χ3v) is 4.24. The molecule has 8 nitrogen and oxygen atoms in total. The highest BCUT2D eigenvalue weighted by molar-refractivity contribution is 5.57. The van der Waals surface area contributed by atoms with E-state index in [9.17, 15) is 0 Å². The third-order valence-electron chi connectivity index (χ3n) is 4.24. The highest BCUT2D eigenvalue weighted by Gasteiger charge is 2.17. The lowest BCUT2D eigenvalue weighted by molar-refractivity contribution is 0.309. The van der Waals surface area contributed by atoms with E-state index < -0.39 is 0 Å². The molecule has 4 aromatic rings. The van der Waals surface area contributed by atoms with Gasteiger partial charge < -0.3 is 18.3 Å². The van der Waals surface area contributed by atoms with Crippen LogP contribution in [0.5, 0.6) is 11.5 Å². The monoisotopic (exact) mass is 392 g/mol. The Bertz CT molecular complexity index is 1050. The maximum Gasteiger partial charge on any atom is 0.306 e. The molecule has 0 bridgehead atoms. The molecule has 0 fully saturated rings. The van der Waals surface area contributed by atoms with E-state index in [0.29, 0.717) is 18.4 Å². The molecule has 8 heteroatoms. The van der Waals surface area contributed by atoms with Gasteiger partial charge in [-0.3, -0.25) is 0 Å². The number of rotatable bonds is 8. The first-order chi connectivity index (χ1) is 14.3. The molecule has 2 heterocycles. The van der Waals surface area contributed by atoms with Crippen LogP contribution in [0.2, 0.25) is 0 Å². The van der Waals surface area contributed by atoms with Crippen LogP contribution in [0.3, 0.4) is 0 Å². The van der Waals surface area contributed by atoms with E-state index in [2.05, 4.69) is 27.3 Å². The first-order valence-corrected chi connectivity index (χ1v) is 9.32. The van der Waals surface area contributed by atoms with Crippen LogP contribution in [0.4, 0.5) is 0 Å². The molecule has 0 aliphatic rings. The molecule has 148 valence electrons. The Kier molecular flexibility index (Phi) is 5.51. The van der Waals surface area contributed by atoms with Crippen LogP contribution in [0.15, 0.2) is 57.4 Å². The van der Waals surface area contributed by atoms with Crippen molar-refractivity contribution in [3.8, 4) is 46.2 Å². The fraction of sp³-hybridized carbons (Fsp3) is 0.238. The molecule has 2 aromatic heterocycles. The van der Waals surface area contributed by atoms with Crippen molar-refractivity contribution in [1.82, 2.24) is 20.4 Å². The Morgan fingerprint density at radius 3 is 1.66 bits per heavy atom. The standard InChI is InChI=1S/C21H20N4O4/c1-3-4-13-27-17-11-7-15(8-12-17)19-23-25-21(29-19)20-24-22-18(28-20)14-5-9-16(26-2)10-6-14/h5-12H,3-4,13H2,1-2H3. The molecule has 0 saturated heterocycles. The number of methoxy groups -OCH3 is 1. The summed E-state index contributed by atoms with van der Waals surface area (Å²) in [5.41, 5.74) is 1.55. The van der Waals surface area contributed by atoms with E-state index in [1.54, 1.807) is 7.11 Å². The Morgan fingerprint density at radius 2 is 1.17 bits per heavy atom. The Balaban J connectivity index is 1.48. The van der Waals surface area contributed by atoms with Crippen LogP contribution in [-0.4, -0.2) is 34.1 Å². The van der Waals surface area contributed by atoms with Crippen molar-refractivity contribution in [2.75, 3.05) is 13.7 Å². The molecule has 0 unspecified atom stereocenters. The van der Waals surface area contributed by atoms with Crippen molar-refractivity contribution in [2.24, 2.45) is 0 Å². The average Bonchev–Trinajstić information content (AvgIpc) is 3.44. The summed E-state index contributed by atoms with van der Waals surface area (Å²) in [6.07, 6.45) is 2.12. The lowest BCUT2D eigenvalue weighted by atomic mass is 10.2. The van der Waals surface area contributed by atoms with Crippen LogP contribution in [-0.2, 0) is 0 Å². The second kappa shape index (κ2) is 8.55. The minimum atomic E-state index is 0.161. The summed E-state index contributed by atoms with van der Waals surface area (Å²) in [7, 11) is 1.61. The highest BCUT2D eigenvalue weighted by Crippen LogP contribution is 2.27. The zero-order chi connectivity index (χ0) is 20.1. The number of aromatic nitrogens is 4. The summed E-state index contributed by atoms with van der Waals surface area (Å²) < 4.78 is 22.2. The Labute approximate surface area is 167 Å². The molecular weight excluding hydrogens is 372 g/mol. The zero-order valence-electron chi connectivity index (χ0n) is 16.2. The van der Waals surface area contributed by atoms with E-state index in [1.807, 2.05) is 48.5 Å². The normalized spacial score (nSPS) is 10.8. The largest absolute Gasteiger partial charge is 0.497 e. The van der Waals surface area contributed by atoms with Gasteiger partial charge in [-0.2, -0.15) is 0 Å². The lowest BCUT2D eigenvalue weighted by Gasteiger charge is -2.04. The van der Waals surface area contributed by atoms with Crippen molar-refractivity contribution < 1.29 is 18.3 Å². The van der Waals surface area contributed by atoms with Gasteiger partial charge >= 0.3 is 11.8 Å². The summed E-state index contributed by atoms with van der Waals surface area (Å²) in [6, 6.07) is 14.8. The maximum atomic E-state index is 5.70. The van der Waals surface area contributed by atoms with Crippen molar-refractivity contribution in [3.05, 3.63) is 48.5 Å². The van der Waals surface area contributed by atoms with Gasteiger partial charge in [-0.05, 0) is 55.0 Å². The van der Waals surface area contributed by atoms with Gasteiger partial charge in [-0.15, -0.1) is 20.4 Å². The van der Waals surface area contributed by atoms with Crippen molar-refractivity contribution in [1.29, 1.82) is 0 Å². The second-order valence-corrected chi connectivity index (χ2v) is 6.28.